The smallest absolute Gasteiger partial charge is 0.0406 e. The van der Waals surface area contributed by atoms with Gasteiger partial charge < -0.3 is 5.32 Å². The fourth-order valence-electron chi connectivity index (χ4n) is 4.48. The van der Waals surface area contributed by atoms with Crippen molar-refractivity contribution < 1.29 is 0 Å². The molecule has 0 aromatic heterocycles. The molecule has 2 aliphatic rings. The summed E-state index contributed by atoms with van der Waals surface area (Å²) in [6.07, 6.45) is 5.65. The molecule has 0 bridgehead atoms. The highest BCUT2D eigenvalue weighted by molar-refractivity contribution is 5.64. The van der Waals surface area contributed by atoms with Crippen molar-refractivity contribution in [1.82, 2.24) is 0 Å². The molecule has 1 aliphatic carbocycles. The molecule has 1 saturated carbocycles. The van der Waals surface area contributed by atoms with Crippen molar-refractivity contribution in [1.29, 1.82) is 0 Å². The Balaban J connectivity index is 1.98. The highest BCUT2D eigenvalue weighted by Crippen LogP contribution is 2.51. The Morgan fingerprint density at radius 3 is 2.68 bits per heavy atom. The molecule has 1 aliphatic heterocycles. The lowest BCUT2D eigenvalue weighted by Crippen LogP contribution is -2.33. The predicted octanol–water partition coefficient (Wildman–Crippen LogP) is 5.03. The van der Waals surface area contributed by atoms with Crippen LogP contribution in [-0.4, -0.2) is 6.54 Å². The van der Waals surface area contributed by atoms with Crippen LogP contribution in [0.15, 0.2) is 12.1 Å². The van der Waals surface area contributed by atoms with Crippen LogP contribution in [0.3, 0.4) is 0 Å². The average molecular weight is 257 g/mol. The Hall–Kier alpha value is -0.980. The molecule has 2 unspecified atom stereocenters. The van der Waals surface area contributed by atoms with E-state index in [2.05, 4.69) is 45.1 Å². The Labute approximate surface area is 117 Å². The zero-order valence-corrected chi connectivity index (χ0v) is 12.8. The number of rotatable bonds is 1. The summed E-state index contributed by atoms with van der Waals surface area (Å²) < 4.78 is 0. The summed E-state index contributed by atoms with van der Waals surface area (Å²) in [4.78, 5) is 0. The van der Waals surface area contributed by atoms with Gasteiger partial charge in [-0.15, -0.1) is 0 Å². The quantitative estimate of drug-likeness (QED) is 0.744. The van der Waals surface area contributed by atoms with Crippen LogP contribution in [0.4, 0.5) is 5.69 Å². The van der Waals surface area contributed by atoms with Crippen molar-refractivity contribution in [3.63, 3.8) is 0 Å². The minimum Gasteiger partial charge on any atom is -0.384 e. The molecule has 1 N–H and O–H groups in total. The topological polar surface area (TPSA) is 12.0 Å². The molecule has 1 heteroatoms. The van der Waals surface area contributed by atoms with Gasteiger partial charge in [0, 0.05) is 18.2 Å². The summed E-state index contributed by atoms with van der Waals surface area (Å²) >= 11 is 0. The summed E-state index contributed by atoms with van der Waals surface area (Å²) in [5.74, 6) is 1.57. The van der Waals surface area contributed by atoms with Crippen LogP contribution < -0.4 is 5.32 Å². The fourth-order valence-corrected chi connectivity index (χ4v) is 4.48. The highest BCUT2D eigenvalue weighted by Gasteiger charge is 2.40. The largest absolute Gasteiger partial charge is 0.384 e. The van der Waals surface area contributed by atoms with Crippen LogP contribution in [0, 0.1) is 25.2 Å². The normalized spacial score (nSPS) is 28.8. The second-order valence-corrected chi connectivity index (χ2v) is 7.37. The molecular formula is C18H27N. The number of fused-ring (bicyclic) bond motifs is 1. The second kappa shape index (κ2) is 4.54. The molecule has 1 nitrogen and oxygen atoms in total. The summed E-state index contributed by atoms with van der Waals surface area (Å²) in [5, 5.41) is 3.68. The molecule has 0 spiro atoms. The molecule has 3 rings (SSSR count). The first-order valence-electron chi connectivity index (χ1n) is 7.84. The van der Waals surface area contributed by atoms with Crippen molar-refractivity contribution in [2.75, 3.05) is 11.9 Å². The maximum absolute atomic E-state index is 3.68. The van der Waals surface area contributed by atoms with Crippen LogP contribution >= 0.6 is 0 Å². The lowest BCUT2D eigenvalue weighted by Gasteiger charge is -2.42. The van der Waals surface area contributed by atoms with Gasteiger partial charge in [0.1, 0.15) is 0 Å². The third kappa shape index (κ3) is 2.17. The van der Waals surface area contributed by atoms with Gasteiger partial charge in [0.2, 0.25) is 0 Å². The molecular weight excluding hydrogens is 230 g/mol. The van der Waals surface area contributed by atoms with Gasteiger partial charge in [-0.05, 0) is 49.1 Å². The number of nitrogens with one attached hydrogen (secondary N) is 1. The van der Waals surface area contributed by atoms with Gasteiger partial charge in [-0.25, -0.2) is 0 Å². The molecule has 104 valence electrons. The predicted molar refractivity (Wildman–Crippen MR) is 82.9 cm³/mol. The first kappa shape index (κ1) is 13.0. The molecule has 1 heterocycles. The fraction of sp³-hybridized carbons (Fsp3) is 0.667. The van der Waals surface area contributed by atoms with E-state index in [1.807, 2.05) is 0 Å². The van der Waals surface area contributed by atoms with Gasteiger partial charge in [0.15, 0.2) is 0 Å². The zero-order chi connectivity index (χ0) is 13.6. The Bertz CT molecular complexity index is 487. The maximum Gasteiger partial charge on any atom is 0.0406 e. The molecule has 0 amide bonds. The maximum atomic E-state index is 3.68. The Morgan fingerprint density at radius 2 is 1.95 bits per heavy atom. The van der Waals surface area contributed by atoms with Gasteiger partial charge in [0.05, 0.1) is 0 Å². The van der Waals surface area contributed by atoms with Gasteiger partial charge in [-0.1, -0.05) is 44.4 Å². The molecule has 19 heavy (non-hydrogen) atoms. The van der Waals surface area contributed by atoms with Gasteiger partial charge in [-0.3, -0.25) is 0 Å². The third-order valence-corrected chi connectivity index (χ3v) is 5.48. The first-order chi connectivity index (χ1) is 8.99. The molecule has 0 saturated heterocycles. The zero-order valence-electron chi connectivity index (χ0n) is 12.8. The number of anilines is 1. The van der Waals surface area contributed by atoms with Gasteiger partial charge in [-0.2, -0.15) is 0 Å². The van der Waals surface area contributed by atoms with Crippen LogP contribution in [-0.2, 0) is 0 Å². The minimum absolute atomic E-state index is 0.504. The van der Waals surface area contributed by atoms with Crippen molar-refractivity contribution >= 4 is 5.69 Å². The van der Waals surface area contributed by atoms with Crippen molar-refractivity contribution in [2.24, 2.45) is 11.3 Å². The summed E-state index contributed by atoms with van der Waals surface area (Å²) in [6.45, 7) is 10.6. The molecule has 2 atom stereocenters. The van der Waals surface area contributed by atoms with Crippen molar-refractivity contribution in [3.8, 4) is 0 Å². The van der Waals surface area contributed by atoms with Crippen LogP contribution in [0.25, 0.3) is 0 Å². The van der Waals surface area contributed by atoms with E-state index < -0.39 is 0 Å². The van der Waals surface area contributed by atoms with Crippen LogP contribution in [0.5, 0.6) is 0 Å². The van der Waals surface area contributed by atoms with E-state index in [1.54, 1.807) is 5.56 Å². The van der Waals surface area contributed by atoms with E-state index in [1.165, 1.54) is 42.5 Å². The average Bonchev–Trinajstić information content (AvgIpc) is 2.72. The van der Waals surface area contributed by atoms with Crippen molar-refractivity contribution in [3.05, 3.63) is 28.8 Å². The third-order valence-electron chi connectivity index (χ3n) is 5.48. The molecule has 0 radical (unpaired) electrons. The number of aryl methyl sites for hydroxylation is 2. The van der Waals surface area contributed by atoms with Gasteiger partial charge in [0.25, 0.3) is 0 Å². The highest BCUT2D eigenvalue weighted by atomic mass is 14.9. The molecule has 1 aromatic rings. The van der Waals surface area contributed by atoms with E-state index in [4.69, 9.17) is 0 Å². The lowest BCUT2D eigenvalue weighted by molar-refractivity contribution is 0.116. The standard InChI is InChI=1S/C18H27N/c1-12-9-13(2)17-14(10-12)15(11-19-17)16-7-5-6-8-18(16,3)4/h9-10,15-16,19H,5-8,11H2,1-4H3. The first-order valence-corrected chi connectivity index (χ1v) is 7.84. The number of hydrogen-bond donors (Lipinski definition) is 1. The summed E-state index contributed by atoms with van der Waals surface area (Å²) in [7, 11) is 0. The number of hydrogen-bond acceptors (Lipinski definition) is 1. The lowest BCUT2D eigenvalue weighted by atomic mass is 9.63. The summed E-state index contributed by atoms with van der Waals surface area (Å²) in [5.41, 5.74) is 6.36. The number of benzene rings is 1. The Kier molecular flexibility index (Phi) is 3.11. The van der Waals surface area contributed by atoms with E-state index in [0.717, 1.165) is 18.4 Å². The minimum atomic E-state index is 0.504. The summed E-state index contributed by atoms with van der Waals surface area (Å²) in [6, 6.07) is 4.73. The Morgan fingerprint density at radius 1 is 1.16 bits per heavy atom. The van der Waals surface area contributed by atoms with E-state index in [-0.39, 0.29) is 0 Å². The van der Waals surface area contributed by atoms with E-state index in [0.29, 0.717) is 5.41 Å². The van der Waals surface area contributed by atoms with Crippen LogP contribution in [0.2, 0.25) is 0 Å². The van der Waals surface area contributed by atoms with E-state index >= 15 is 0 Å². The SMILES string of the molecule is Cc1cc(C)c2c(c1)C(C1CCCCC1(C)C)CN2. The molecule has 1 fully saturated rings. The van der Waals surface area contributed by atoms with Crippen molar-refractivity contribution in [2.45, 2.75) is 59.3 Å². The molecule has 1 aromatic carbocycles. The second-order valence-electron chi connectivity index (χ2n) is 7.37. The van der Waals surface area contributed by atoms with Crippen LogP contribution in [0.1, 0.15) is 62.1 Å². The monoisotopic (exact) mass is 257 g/mol. The van der Waals surface area contributed by atoms with Gasteiger partial charge >= 0.3 is 0 Å². The van der Waals surface area contributed by atoms with E-state index in [9.17, 15) is 0 Å².